The van der Waals surface area contributed by atoms with Gasteiger partial charge in [0, 0.05) is 12.3 Å². The van der Waals surface area contributed by atoms with Crippen LogP contribution in [0, 0.1) is 52.3 Å². The van der Waals surface area contributed by atoms with Gasteiger partial charge in [-0.2, -0.15) is 0 Å². The maximum Gasteiger partial charge on any atom is 1.00 e. The maximum absolute atomic E-state index is 11.7. The van der Waals surface area contributed by atoms with E-state index in [-0.39, 0.29) is 107 Å². The van der Waals surface area contributed by atoms with Gasteiger partial charge in [-0.05, 0) is 111 Å². The summed E-state index contributed by atoms with van der Waals surface area (Å²) in [6, 6.07) is 0. The third-order valence-electron chi connectivity index (χ3n) is 14.0. The Kier molecular flexibility index (Phi) is 13.0. The van der Waals surface area contributed by atoms with E-state index in [1.165, 1.54) is 0 Å². The van der Waals surface area contributed by atoms with E-state index in [0.717, 1.165) is 51.4 Å². The number of hydrogen-bond acceptors (Lipinski definition) is 11. The fourth-order valence-corrected chi connectivity index (χ4v) is 13.1. The number of fused-ring (bicyclic) bond motifs is 10. The normalized spacial score (nSPS) is 47.2. The monoisotopic (exact) mass is 736 g/mol. The van der Waals surface area contributed by atoms with Crippen molar-refractivity contribution >= 4 is 20.8 Å². The molecule has 6 aliphatic rings. The van der Waals surface area contributed by atoms with Gasteiger partial charge in [-0.25, -0.2) is 16.8 Å². The van der Waals surface area contributed by atoms with Crippen LogP contribution in [-0.4, -0.2) is 61.9 Å². The molecule has 0 spiro atoms. The second kappa shape index (κ2) is 14.7. The Morgan fingerprint density at radius 3 is 2.08 bits per heavy atom. The summed E-state index contributed by atoms with van der Waals surface area (Å²) in [7, 11) is -10.3. The van der Waals surface area contributed by atoms with Crippen molar-refractivity contribution < 1.29 is 108 Å². The molecule has 4 saturated carbocycles. The Morgan fingerprint density at radius 1 is 0.854 bits per heavy atom. The molecule has 15 heteroatoms. The van der Waals surface area contributed by atoms with Crippen molar-refractivity contribution in [1.82, 2.24) is 0 Å². The van der Waals surface area contributed by atoms with Gasteiger partial charge < -0.3 is 23.3 Å². The molecule has 2 saturated heterocycles. The van der Waals surface area contributed by atoms with Crippen LogP contribution < -0.4 is 59.1 Å². The van der Waals surface area contributed by atoms with Crippen LogP contribution in [0.4, 0.5) is 0 Å². The first-order valence-electron chi connectivity index (χ1n) is 17.6. The van der Waals surface area contributed by atoms with Gasteiger partial charge >= 0.3 is 59.1 Å². The second-order valence-corrected chi connectivity index (χ2v) is 18.6. The van der Waals surface area contributed by atoms with E-state index in [2.05, 4.69) is 48.5 Å². The average molecular weight is 737 g/mol. The third-order valence-corrected chi connectivity index (χ3v) is 14.9. The molecule has 4 aliphatic carbocycles. The second-order valence-electron chi connectivity index (χ2n) is 16.6. The summed E-state index contributed by atoms with van der Waals surface area (Å²) in [5.41, 5.74) is -0.960. The molecule has 0 amide bonds. The Labute approximate surface area is 332 Å². The minimum Gasteiger partial charge on any atom is -0.726 e. The number of ether oxygens (including phenoxy) is 3. The summed E-state index contributed by atoms with van der Waals surface area (Å²) in [6.07, 6.45) is 5.63. The van der Waals surface area contributed by atoms with E-state index >= 15 is 0 Å². The van der Waals surface area contributed by atoms with Crippen LogP contribution in [0.3, 0.4) is 0 Å². The zero-order chi connectivity index (χ0) is 33.7. The van der Waals surface area contributed by atoms with Gasteiger partial charge in [0.2, 0.25) is 20.8 Å². The SMILES string of the molecule is CCCC12OC3C[C@H]4[C@@H]5CC[C@H]6CC(OS(=O)(=O)[O-])C(OS(=O)(=O)[O-])C[C@]6(C)[C@H]5CC[C@]4(C)C3[C@@](C)(O1)[C@@H](CC(CC)C(C)C)O2.[Na+].[Na+]. The van der Waals surface area contributed by atoms with Crippen molar-refractivity contribution in [3.63, 3.8) is 0 Å². The summed E-state index contributed by atoms with van der Waals surface area (Å²) in [6.45, 7) is 15.8. The molecule has 0 N–H and O–H groups in total. The largest absolute Gasteiger partial charge is 1.00 e. The first-order chi connectivity index (χ1) is 21.3. The van der Waals surface area contributed by atoms with Crippen molar-refractivity contribution in [3.8, 4) is 0 Å². The summed E-state index contributed by atoms with van der Waals surface area (Å²) in [5, 5.41) is 0. The summed E-state index contributed by atoms with van der Waals surface area (Å²) >= 11 is 0. The van der Waals surface area contributed by atoms with Crippen molar-refractivity contribution in [2.24, 2.45) is 52.3 Å². The van der Waals surface area contributed by atoms with E-state index < -0.39 is 50.0 Å². The third kappa shape index (κ3) is 7.48. The molecular weight excluding hydrogens is 682 g/mol. The quantitative estimate of drug-likeness (QED) is 0.164. The summed E-state index contributed by atoms with van der Waals surface area (Å²) < 4.78 is 100. The van der Waals surface area contributed by atoms with Gasteiger partial charge in [-0.15, -0.1) is 0 Å². The molecule has 0 aromatic heterocycles. The van der Waals surface area contributed by atoms with Gasteiger partial charge in [-0.1, -0.05) is 48.0 Å². The molecule has 2 bridgehead atoms. The molecular formula is C33H54Na2O11S2. The van der Waals surface area contributed by atoms with Gasteiger partial charge in [0.25, 0.3) is 5.97 Å². The molecule has 0 radical (unpaired) electrons. The molecule has 48 heavy (non-hydrogen) atoms. The Bertz CT molecular complexity index is 1380. The first-order valence-corrected chi connectivity index (χ1v) is 20.3. The van der Waals surface area contributed by atoms with E-state index in [0.29, 0.717) is 30.1 Å². The number of rotatable bonds is 10. The molecule has 266 valence electrons. The maximum atomic E-state index is 11.7. The summed E-state index contributed by atoms with van der Waals surface area (Å²) in [4.78, 5) is 0. The van der Waals surface area contributed by atoms with E-state index in [1.807, 2.05) is 0 Å². The van der Waals surface area contributed by atoms with E-state index in [4.69, 9.17) is 22.6 Å². The van der Waals surface area contributed by atoms with Crippen LogP contribution in [0.1, 0.15) is 119 Å². The Hall–Kier alpha value is 1.62. The number of hydrogen-bond donors (Lipinski definition) is 0. The minimum absolute atomic E-state index is 0. The Balaban J connectivity index is 0.00000260. The molecule has 2 heterocycles. The van der Waals surface area contributed by atoms with E-state index in [1.54, 1.807) is 0 Å². The average Bonchev–Trinajstić information content (AvgIpc) is 3.33. The first kappa shape index (κ1) is 42.4. The van der Waals surface area contributed by atoms with Crippen LogP contribution >= 0.6 is 0 Å². The predicted molar refractivity (Wildman–Crippen MR) is 165 cm³/mol. The zero-order valence-corrected chi connectivity index (χ0v) is 36.1. The fraction of sp³-hybridized carbons (Fsp3) is 1.00. The topological polar surface area (TPSA) is 161 Å². The zero-order valence-electron chi connectivity index (χ0n) is 30.4. The van der Waals surface area contributed by atoms with Crippen LogP contribution in [0.2, 0.25) is 0 Å². The Morgan fingerprint density at radius 2 is 1.50 bits per heavy atom. The van der Waals surface area contributed by atoms with Crippen LogP contribution in [0.5, 0.6) is 0 Å². The molecule has 6 fully saturated rings. The van der Waals surface area contributed by atoms with Gasteiger partial charge in [0.15, 0.2) is 0 Å². The van der Waals surface area contributed by atoms with Crippen LogP contribution in [0.15, 0.2) is 0 Å². The predicted octanol–water partition coefficient (Wildman–Crippen LogP) is -0.337. The van der Waals surface area contributed by atoms with Crippen molar-refractivity contribution in [2.45, 2.75) is 155 Å². The molecule has 6 rings (SSSR count). The van der Waals surface area contributed by atoms with Crippen LogP contribution in [0.25, 0.3) is 0 Å². The van der Waals surface area contributed by atoms with E-state index in [9.17, 15) is 25.9 Å². The molecule has 2 aliphatic heterocycles. The van der Waals surface area contributed by atoms with Crippen molar-refractivity contribution in [3.05, 3.63) is 0 Å². The van der Waals surface area contributed by atoms with Gasteiger partial charge in [0.05, 0.1) is 12.2 Å². The minimum atomic E-state index is -5.16. The summed E-state index contributed by atoms with van der Waals surface area (Å²) in [5.74, 6) is 1.09. The van der Waals surface area contributed by atoms with Crippen molar-refractivity contribution in [1.29, 1.82) is 0 Å². The molecule has 0 aromatic carbocycles. The smallest absolute Gasteiger partial charge is 0.726 e. The molecule has 0 aromatic rings. The molecule has 14 atom stereocenters. The van der Waals surface area contributed by atoms with Gasteiger partial charge in [-0.3, -0.25) is 8.37 Å². The molecule has 11 nitrogen and oxygen atoms in total. The fourth-order valence-electron chi connectivity index (χ4n) is 12.1. The molecule has 6 unspecified atom stereocenters. The standard InChI is InChI=1S/C33H56O11S2.2Na/c1-8-13-33-40-26-17-24-22-11-10-21-16-25(42-45(34,35)36)27(43-46(37,38)39)18-31(21,6)23(22)12-14-30(24,5)29(26)32(7,44-33)28(41-33)15-20(9-2)19(3)4;;/h19-29H,8-18H2,1-7H3,(H,34,35,36)(H,37,38,39);;/q;2*+1/p-2/t20?,21-,22+,23-,24-,25?,26?,27?,28+,29?,30-,31-,32-,33?;;/m0../s1. The van der Waals surface area contributed by atoms with Gasteiger partial charge in [0.1, 0.15) is 17.8 Å². The van der Waals surface area contributed by atoms with Crippen LogP contribution in [-0.2, 0) is 43.4 Å². The van der Waals surface area contributed by atoms with Crippen molar-refractivity contribution in [2.75, 3.05) is 0 Å².